The number of ether oxygens (including phenoxy) is 4. The number of nitrogens with one attached hydrogen (secondary N) is 3. The molecule has 3 aliphatic rings. The second-order valence-electron chi connectivity index (χ2n) is 16.0. The molecule has 4 heterocycles. The van der Waals surface area contributed by atoms with Crippen LogP contribution in [0.1, 0.15) is 110 Å². The van der Waals surface area contributed by atoms with Gasteiger partial charge in [-0.1, -0.05) is 83.6 Å². The molecule has 3 aliphatic heterocycles. The molecule has 0 bridgehead atoms. The van der Waals surface area contributed by atoms with Crippen LogP contribution >= 0.6 is 0 Å². The summed E-state index contributed by atoms with van der Waals surface area (Å²) in [7, 11) is 0. The Bertz CT molecular complexity index is 1610. The lowest BCUT2D eigenvalue weighted by Crippen LogP contribution is -2.68. The number of aliphatic hydroxyl groups excluding tert-OH is 8. The van der Waals surface area contributed by atoms with Crippen LogP contribution in [0.25, 0.3) is 0 Å². The molecule has 3 saturated heterocycles. The Morgan fingerprint density at radius 3 is 1.90 bits per heavy atom. The second-order valence-corrected chi connectivity index (χ2v) is 16.0. The molecule has 1 aromatic rings. The van der Waals surface area contributed by atoms with Crippen molar-refractivity contribution in [3.05, 3.63) is 45.3 Å². The lowest BCUT2D eigenvalue weighted by atomic mass is 9.91. The highest BCUT2D eigenvalue weighted by atomic mass is 16.8. The minimum atomic E-state index is -1.85. The smallest absolute Gasteiger partial charge is 0.330 e. The molecule has 0 aliphatic carbocycles. The zero-order chi connectivity index (χ0) is 43.9. The maximum atomic E-state index is 13.2. The summed E-state index contributed by atoms with van der Waals surface area (Å²) in [6.07, 6.45) is -3.63. The van der Waals surface area contributed by atoms with E-state index in [0.29, 0.717) is 6.42 Å². The molecule has 15 atom stereocenters. The number of carbonyl (C=O) groups excluding carboxylic acids is 2. The number of allylic oxidation sites excluding steroid dienone is 1. The summed E-state index contributed by atoms with van der Waals surface area (Å²) >= 11 is 0. The van der Waals surface area contributed by atoms with Crippen molar-refractivity contribution >= 4 is 11.8 Å². The van der Waals surface area contributed by atoms with Gasteiger partial charge in [0.15, 0.2) is 18.8 Å². The van der Waals surface area contributed by atoms with Crippen LogP contribution in [0.4, 0.5) is 0 Å². The first kappa shape index (κ1) is 49.5. The largest absolute Gasteiger partial charge is 0.394 e. The topological polar surface area (TPSA) is 312 Å². The Morgan fingerprint density at radius 1 is 0.783 bits per heavy atom. The fraction of sp³-hybridized carbons (Fsp3) is 0.800. The van der Waals surface area contributed by atoms with Gasteiger partial charge in [0.25, 0.3) is 5.56 Å². The molecule has 0 aromatic carbocycles. The van der Waals surface area contributed by atoms with Crippen LogP contribution in [0.5, 0.6) is 0 Å². The number of hydrogen-bond acceptors (Lipinski definition) is 16. The summed E-state index contributed by atoms with van der Waals surface area (Å²) in [5.41, 5.74) is -1.68. The summed E-state index contributed by atoms with van der Waals surface area (Å²) < 4.78 is 24.1. The molecule has 60 heavy (non-hydrogen) atoms. The fourth-order valence-corrected chi connectivity index (χ4v) is 7.85. The predicted octanol–water partition coefficient (Wildman–Crippen LogP) is -1.55. The molecular weight excluding hydrogens is 792 g/mol. The molecule has 20 nitrogen and oxygen atoms in total. The van der Waals surface area contributed by atoms with Crippen molar-refractivity contribution in [3.63, 3.8) is 0 Å². The van der Waals surface area contributed by atoms with E-state index < -0.39 is 128 Å². The number of unbranched alkanes of at least 4 members (excludes halogenated alkanes) is 12. The molecule has 3 fully saturated rings. The number of aliphatic hydroxyl groups is 8. The van der Waals surface area contributed by atoms with Crippen LogP contribution in [0.2, 0.25) is 0 Å². The zero-order valence-corrected chi connectivity index (χ0v) is 34.4. The quantitative estimate of drug-likeness (QED) is 0.0438. The van der Waals surface area contributed by atoms with E-state index in [1.54, 1.807) is 6.08 Å². The van der Waals surface area contributed by atoms with Crippen molar-refractivity contribution in [2.45, 2.75) is 196 Å². The van der Waals surface area contributed by atoms with Gasteiger partial charge in [0.05, 0.1) is 18.8 Å². The third kappa shape index (κ3) is 13.7. The van der Waals surface area contributed by atoms with E-state index >= 15 is 0 Å². The van der Waals surface area contributed by atoms with Crippen LogP contribution in [0, 0.1) is 0 Å². The third-order valence-corrected chi connectivity index (χ3v) is 11.3. The van der Waals surface area contributed by atoms with Gasteiger partial charge < -0.3 is 70.4 Å². The van der Waals surface area contributed by atoms with E-state index in [0.717, 1.165) is 49.4 Å². The third-order valence-electron chi connectivity index (χ3n) is 11.3. The van der Waals surface area contributed by atoms with E-state index in [1.165, 1.54) is 57.4 Å². The highest BCUT2D eigenvalue weighted by Gasteiger charge is 2.53. The second kappa shape index (κ2) is 24.5. The van der Waals surface area contributed by atoms with E-state index in [1.807, 2.05) is 4.98 Å². The van der Waals surface area contributed by atoms with E-state index in [9.17, 15) is 60.0 Å². The number of hydrogen-bond donors (Lipinski definition) is 11. The molecule has 11 N–H and O–H groups in total. The molecule has 20 heteroatoms. The van der Waals surface area contributed by atoms with Crippen molar-refractivity contribution in [1.29, 1.82) is 0 Å². The Morgan fingerprint density at radius 2 is 1.33 bits per heavy atom. The minimum Gasteiger partial charge on any atom is -0.394 e. The number of aromatic nitrogens is 2. The first-order valence-corrected chi connectivity index (χ1v) is 21.2. The first-order chi connectivity index (χ1) is 28.7. The lowest BCUT2D eigenvalue weighted by molar-refractivity contribution is -0.346. The number of rotatable bonds is 23. The van der Waals surface area contributed by atoms with Crippen LogP contribution in [-0.4, -0.2) is 155 Å². The highest BCUT2D eigenvalue weighted by Crippen LogP contribution is 2.34. The number of nitrogens with zero attached hydrogens (tertiary/aromatic N) is 1. The molecular formula is C40H66N4O16. The summed E-state index contributed by atoms with van der Waals surface area (Å²) in [5, 5.41) is 91.5. The number of carbonyl (C=O) groups is 2. The maximum Gasteiger partial charge on any atom is 0.330 e. The maximum absolute atomic E-state index is 13.2. The molecule has 0 saturated carbocycles. The van der Waals surface area contributed by atoms with Crippen LogP contribution in [0.15, 0.2) is 34.0 Å². The van der Waals surface area contributed by atoms with Crippen LogP contribution in [0.3, 0.4) is 0 Å². The van der Waals surface area contributed by atoms with Gasteiger partial charge in [0.1, 0.15) is 60.9 Å². The summed E-state index contributed by atoms with van der Waals surface area (Å²) in [6, 6.07) is -2.01. The van der Waals surface area contributed by atoms with Crippen LogP contribution < -0.4 is 21.9 Å². The molecule has 0 spiro atoms. The average Bonchev–Trinajstić information content (AvgIpc) is 3.50. The van der Waals surface area contributed by atoms with Crippen molar-refractivity contribution in [2.24, 2.45) is 0 Å². The monoisotopic (exact) mass is 858 g/mol. The van der Waals surface area contributed by atoms with Gasteiger partial charge >= 0.3 is 5.69 Å². The minimum absolute atomic E-state index is 0.597. The van der Waals surface area contributed by atoms with Gasteiger partial charge in [-0.2, -0.15) is 0 Å². The summed E-state index contributed by atoms with van der Waals surface area (Å²) in [6.45, 7) is 2.56. The van der Waals surface area contributed by atoms with Crippen molar-refractivity contribution in [1.82, 2.24) is 20.2 Å². The normalized spacial score (nSPS) is 33.8. The van der Waals surface area contributed by atoms with Gasteiger partial charge in [-0.05, 0) is 18.9 Å². The van der Waals surface area contributed by atoms with Crippen molar-refractivity contribution < 1.29 is 69.4 Å². The van der Waals surface area contributed by atoms with Gasteiger partial charge in [0, 0.05) is 25.6 Å². The highest BCUT2D eigenvalue weighted by molar-refractivity contribution is 5.87. The van der Waals surface area contributed by atoms with E-state index in [2.05, 4.69) is 17.6 Å². The standard InChI is InChI=1S/C40H66N4O16/c1-3-4-5-6-7-8-9-10-11-12-13-14-15-16-17-26(48)42-29-33(53)30(50)24(57-39(29)60-38-28(41-22(2)46)32(52)31(51)25(21-45)58-38)20-23(47)36-34(54)35(55)37(59-36)44-19-18-27(49)43-40(44)56/h16-19,23-25,28-39,45,47,50-55H,3-15,20-21H2,1-2H3,(H,41,46)(H,42,48)(H,43,49,56)/b17-16+/t23-,24?,25?,28?,29?,30?,31?,32?,33?,34?,35?,36?,37?,38?,39?/m1/s1. The van der Waals surface area contributed by atoms with Gasteiger partial charge in [-0.3, -0.25) is 23.9 Å². The zero-order valence-electron chi connectivity index (χ0n) is 34.4. The summed E-state index contributed by atoms with van der Waals surface area (Å²) in [4.78, 5) is 51.2. The lowest BCUT2D eigenvalue weighted by Gasteiger charge is -2.47. The summed E-state index contributed by atoms with van der Waals surface area (Å²) in [5.74, 6) is -1.35. The predicted molar refractivity (Wildman–Crippen MR) is 212 cm³/mol. The fourth-order valence-electron chi connectivity index (χ4n) is 7.85. The van der Waals surface area contributed by atoms with Crippen molar-refractivity contribution in [2.75, 3.05) is 6.61 Å². The Kier molecular flexibility index (Phi) is 20.2. The van der Waals surface area contributed by atoms with E-state index in [4.69, 9.17) is 18.9 Å². The molecule has 1 aromatic heterocycles. The number of aromatic amines is 1. The van der Waals surface area contributed by atoms with E-state index in [-0.39, 0.29) is 0 Å². The molecule has 4 rings (SSSR count). The Hall–Kier alpha value is -3.12. The number of amides is 2. The molecule has 14 unspecified atom stereocenters. The number of H-pyrrole nitrogens is 1. The van der Waals surface area contributed by atoms with Gasteiger partial charge in [0.2, 0.25) is 11.8 Å². The Labute approximate surface area is 348 Å². The molecule has 2 amide bonds. The average molecular weight is 859 g/mol. The molecule has 342 valence electrons. The van der Waals surface area contributed by atoms with Crippen LogP contribution in [-0.2, 0) is 28.5 Å². The first-order valence-electron chi connectivity index (χ1n) is 21.2. The van der Waals surface area contributed by atoms with Gasteiger partial charge in [-0.15, -0.1) is 0 Å². The SMILES string of the molecule is CCCCCCCCCCCCCC/C=C/C(=O)NC1C(OC2OC(CO)C(O)C(O)C2NC(C)=O)OC(C[C@@H](O)C2OC(n3ccc(=O)[nH]c3=O)C(O)C2O)C(O)C1O. The van der Waals surface area contributed by atoms with Crippen molar-refractivity contribution in [3.8, 4) is 0 Å². The van der Waals surface area contributed by atoms with Gasteiger partial charge in [-0.25, -0.2) is 4.79 Å². The Balaban J connectivity index is 1.42. The molecule has 0 radical (unpaired) electrons.